The second kappa shape index (κ2) is 15.3. The van der Waals surface area contributed by atoms with Gasteiger partial charge < -0.3 is 30.7 Å². The molecule has 4 heterocycles. The van der Waals surface area contributed by atoms with Crippen LogP contribution in [0.1, 0.15) is 36.8 Å². The van der Waals surface area contributed by atoms with Crippen LogP contribution in [0.25, 0.3) is 33.6 Å². The fraction of sp³-hybridized carbons (Fsp3) is 0.333. The maximum Gasteiger partial charge on any atom is 0.220 e. The lowest BCUT2D eigenvalue weighted by Gasteiger charge is -2.16. The predicted molar refractivity (Wildman–Crippen MR) is 187 cm³/mol. The van der Waals surface area contributed by atoms with Gasteiger partial charge >= 0.3 is 0 Å². The van der Waals surface area contributed by atoms with Gasteiger partial charge in [-0.3, -0.25) is 19.6 Å². The molecule has 48 heavy (non-hydrogen) atoms. The van der Waals surface area contributed by atoms with Crippen molar-refractivity contribution in [3.8, 4) is 45.1 Å². The van der Waals surface area contributed by atoms with Crippen molar-refractivity contribution in [1.82, 2.24) is 31.2 Å². The van der Waals surface area contributed by atoms with Crippen molar-refractivity contribution in [1.29, 1.82) is 0 Å². The molecule has 2 saturated heterocycles. The summed E-state index contributed by atoms with van der Waals surface area (Å²) in [7, 11) is 3.28. The molecule has 250 valence electrons. The van der Waals surface area contributed by atoms with E-state index < -0.39 is 0 Å². The quantitative estimate of drug-likeness (QED) is 0.144. The minimum Gasteiger partial charge on any atom is -0.496 e. The molecular weight excluding hydrogens is 651 g/mol. The molecule has 0 radical (unpaired) electrons. The molecule has 2 aliphatic rings. The summed E-state index contributed by atoms with van der Waals surface area (Å²) in [5.74, 6) is 1.62. The minimum absolute atomic E-state index is 0.103. The highest BCUT2D eigenvalue weighted by Crippen LogP contribution is 2.42. The number of amides is 2. The van der Waals surface area contributed by atoms with Crippen molar-refractivity contribution in [2.24, 2.45) is 0 Å². The molecule has 0 aliphatic carbocycles. The van der Waals surface area contributed by atoms with Gasteiger partial charge in [-0.15, -0.1) is 0 Å². The summed E-state index contributed by atoms with van der Waals surface area (Å²) in [6, 6.07) is 15.8. The van der Waals surface area contributed by atoms with E-state index in [1.807, 2.05) is 48.5 Å². The number of benzene rings is 2. The van der Waals surface area contributed by atoms with E-state index in [1.54, 1.807) is 26.6 Å². The number of carbonyl (C=O) groups is 2. The fourth-order valence-electron chi connectivity index (χ4n) is 6.20. The van der Waals surface area contributed by atoms with E-state index in [-0.39, 0.29) is 23.9 Å². The van der Waals surface area contributed by atoms with Gasteiger partial charge in [0.1, 0.15) is 11.5 Å². The summed E-state index contributed by atoms with van der Waals surface area (Å²) < 4.78 is 11.4. The Hall–Kier alpha value is -4.22. The summed E-state index contributed by atoms with van der Waals surface area (Å²) in [6.07, 6.45) is 6.27. The molecule has 2 atom stereocenters. The van der Waals surface area contributed by atoms with Crippen LogP contribution in [-0.4, -0.2) is 61.2 Å². The number of halogens is 2. The first kappa shape index (κ1) is 33.7. The third-order valence-corrected chi connectivity index (χ3v) is 9.54. The SMILES string of the molecule is COc1cc(-c2nccc(-c3ccnc(-c4ccc(CNC[C@@H]5CCC(=O)N5)c(OC)c4)c3Cl)c2Cl)ccc1CNC[C@@H]1CCC(=O)N1. The van der Waals surface area contributed by atoms with Crippen LogP contribution in [0.5, 0.6) is 11.5 Å². The summed E-state index contributed by atoms with van der Waals surface area (Å²) in [5, 5.41) is 13.7. The Morgan fingerprint density at radius 3 is 1.52 bits per heavy atom. The first-order valence-corrected chi connectivity index (χ1v) is 16.7. The maximum atomic E-state index is 11.5. The van der Waals surface area contributed by atoms with Gasteiger partial charge in [0.25, 0.3) is 0 Å². The van der Waals surface area contributed by atoms with Crippen molar-refractivity contribution < 1.29 is 19.1 Å². The summed E-state index contributed by atoms with van der Waals surface area (Å²) in [4.78, 5) is 32.2. The van der Waals surface area contributed by atoms with Crippen molar-refractivity contribution in [2.75, 3.05) is 27.3 Å². The van der Waals surface area contributed by atoms with Crippen LogP contribution >= 0.6 is 23.2 Å². The molecule has 0 unspecified atom stereocenters. The summed E-state index contributed by atoms with van der Waals surface area (Å²) >= 11 is 14.1. The van der Waals surface area contributed by atoms with E-state index in [1.165, 1.54) is 0 Å². The summed E-state index contributed by atoms with van der Waals surface area (Å²) in [6.45, 7) is 2.57. The number of nitrogens with one attached hydrogen (secondary N) is 4. The molecule has 10 nitrogen and oxygen atoms in total. The Bertz CT molecular complexity index is 1690. The number of rotatable bonds is 13. The Labute approximate surface area is 289 Å². The number of ether oxygens (including phenoxy) is 2. The van der Waals surface area contributed by atoms with Gasteiger partial charge in [0.15, 0.2) is 0 Å². The maximum absolute atomic E-state index is 11.5. The third kappa shape index (κ3) is 7.57. The second-order valence-electron chi connectivity index (χ2n) is 12.0. The van der Waals surface area contributed by atoms with E-state index in [9.17, 15) is 9.59 Å². The molecule has 2 amide bonds. The van der Waals surface area contributed by atoms with Crippen molar-refractivity contribution in [2.45, 2.75) is 50.9 Å². The number of carbonyl (C=O) groups excluding carboxylic acids is 2. The third-order valence-electron chi connectivity index (χ3n) is 8.77. The van der Waals surface area contributed by atoms with Gasteiger partial charge in [-0.1, -0.05) is 47.5 Å². The van der Waals surface area contributed by atoms with Crippen LogP contribution < -0.4 is 30.7 Å². The zero-order chi connectivity index (χ0) is 33.6. The molecule has 0 saturated carbocycles. The molecular formula is C36H38Cl2N6O4. The minimum atomic E-state index is 0.103. The Morgan fingerprint density at radius 1 is 0.708 bits per heavy atom. The molecule has 12 heteroatoms. The fourth-order valence-corrected chi connectivity index (χ4v) is 6.85. The number of methoxy groups -OCH3 is 2. The lowest BCUT2D eigenvalue weighted by Crippen LogP contribution is -2.35. The number of hydrogen-bond acceptors (Lipinski definition) is 8. The lowest BCUT2D eigenvalue weighted by atomic mass is 10.00. The zero-order valence-corrected chi connectivity index (χ0v) is 28.4. The highest BCUT2D eigenvalue weighted by atomic mass is 35.5. The average Bonchev–Trinajstić information content (AvgIpc) is 3.72. The molecule has 6 rings (SSSR count). The van der Waals surface area contributed by atoms with E-state index in [4.69, 9.17) is 32.7 Å². The number of hydrogen-bond donors (Lipinski definition) is 4. The summed E-state index contributed by atoms with van der Waals surface area (Å²) in [5.41, 5.74) is 6.24. The molecule has 2 aromatic carbocycles. The van der Waals surface area contributed by atoms with E-state index in [0.717, 1.165) is 46.2 Å². The van der Waals surface area contributed by atoms with Crippen LogP contribution in [0.3, 0.4) is 0 Å². The molecule has 0 spiro atoms. The van der Waals surface area contributed by atoms with Crippen LogP contribution in [0.2, 0.25) is 10.0 Å². The van der Waals surface area contributed by atoms with Gasteiger partial charge in [-0.25, -0.2) is 0 Å². The molecule has 2 fully saturated rings. The second-order valence-corrected chi connectivity index (χ2v) is 12.7. The first-order chi connectivity index (χ1) is 23.3. The first-order valence-electron chi connectivity index (χ1n) is 16.0. The van der Waals surface area contributed by atoms with E-state index in [2.05, 4.69) is 31.2 Å². The van der Waals surface area contributed by atoms with Crippen LogP contribution in [0.4, 0.5) is 0 Å². The molecule has 2 aliphatic heterocycles. The predicted octanol–water partition coefficient (Wildman–Crippen LogP) is 5.54. The normalized spacial score (nSPS) is 17.3. The van der Waals surface area contributed by atoms with E-state index >= 15 is 0 Å². The molecule has 4 N–H and O–H groups in total. The van der Waals surface area contributed by atoms with Crippen molar-refractivity contribution >= 4 is 35.0 Å². The van der Waals surface area contributed by atoms with Gasteiger partial charge in [0.05, 0.1) is 35.7 Å². The smallest absolute Gasteiger partial charge is 0.220 e. The van der Waals surface area contributed by atoms with Crippen LogP contribution in [-0.2, 0) is 22.7 Å². The standard InChI is InChI=1S/C36H38Cl2N6O4/c1-47-29-15-21(3-5-23(29)17-39-19-25-7-9-31(45)43-25)35-33(37)27(11-13-41-35)28-12-14-42-36(34(28)38)22-4-6-24(30(16-22)48-2)18-40-20-26-8-10-32(46)44-26/h3-6,11-16,25-26,39-40H,7-10,17-20H2,1-2H3,(H,43,45)(H,44,46)/t25-,26-/m0/s1. The molecule has 4 aromatic rings. The number of aromatic nitrogens is 2. The zero-order valence-electron chi connectivity index (χ0n) is 26.9. The lowest BCUT2D eigenvalue weighted by molar-refractivity contribution is -0.120. The van der Waals surface area contributed by atoms with E-state index in [0.29, 0.717) is 72.0 Å². The highest BCUT2D eigenvalue weighted by molar-refractivity contribution is 6.39. The Balaban J connectivity index is 1.20. The molecule has 2 aromatic heterocycles. The molecule has 0 bridgehead atoms. The van der Waals surface area contributed by atoms with Crippen molar-refractivity contribution in [3.05, 3.63) is 82.1 Å². The number of pyridine rings is 2. The number of nitrogens with zero attached hydrogens (tertiary/aromatic N) is 2. The Morgan fingerprint density at radius 2 is 1.15 bits per heavy atom. The van der Waals surface area contributed by atoms with Gasteiger partial charge in [-0.2, -0.15) is 0 Å². The van der Waals surface area contributed by atoms with Gasteiger partial charge in [0.2, 0.25) is 11.8 Å². The topological polar surface area (TPSA) is 127 Å². The highest BCUT2D eigenvalue weighted by Gasteiger charge is 2.22. The monoisotopic (exact) mass is 688 g/mol. The van der Waals surface area contributed by atoms with Crippen molar-refractivity contribution in [3.63, 3.8) is 0 Å². The Kier molecular flexibility index (Phi) is 10.8. The van der Waals surface area contributed by atoms with Gasteiger partial charge in [0, 0.05) is 96.9 Å². The van der Waals surface area contributed by atoms with Crippen LogP contribution in [0.15, 0.2) is 60.9 Å². The largest absolute Gasteiger partial charge is 0.496 e. The average molecular weight is 690 g/mol. The van der Waals surface area contributed by atoms with Crippen LogP contribution in [0, 0.1) is 0 Å². The van der Waals surface area contributed by atoms with Gasteiger partial charge in [-0.05, 0) is 37.1 Å².